The number of esters is 1. The van der Waals surface area contributed by atoms with Gasteiger partial charge in [-0.2, -0.15) is 0 Å². The molecular formula is C16H14Cl3NO4S. The fourth-order valence-corrected chi connectivity index (χ4v) is 4.07. The van der Waals surface area contributed by atoms with Crippen LogP contribution in [0.15, 0.2) is 36.4 Å². The van der Waals surface area contributed by atoms with Gasteiger partial charge in [0.25, 0.3) is 0 Å². The fraction of sp³-hybridized carbons (Fsp3) is 0.188. The van der Waals surface area contributed by atoms with Gasteiger partial charge in [-0.1, -0.05) is 40.9 Å². The van der Waals surface area contributed by atoms with Crippen LogP contribution in [-0.2, 0) is 20.5 Å². The van der Waals surface area contributed by atoms with Crippen molar-refractivity contribution in [2.75, 3.05) is 11.3 Å². The van der Waals surface area contributed by atoms with Gasteiger partial charge in [-0.3, -0.25) is 4.72 Å². The molecule has 0 atom stereocenters. The number of carbonyl (C=O) groups is 1. The highest BCUT2D eigenvalue weighted by Gasteiger charge is 2.17. The monoisotopic (exact) mass is 421 g/mol. The molecule has 5 nitrogen and oxygen atoms in total. The molecule has 9 heteroatoms. The van der Waals surface area contributed by atoms with Crippen molar-refractivity contribution >= 4 is 56.5 Å². The van der Waals surface area contributed by atoms with Crippen LogP contribution in [0.1, 0.15) is 22.8 Å². The fourth-order valence-electron chi connectivity index (χ4n) is 1.99. The zero-order chi connectivity index (χ0) is 18.6. The van der Waals surface area contributed by atoms with Crippen LogP contribution < -0.4 is 4.72 Å². The van der Waals surface area contributed by atoms with E-state index in [-0.39, 0.29) is 33.7 Å². The van der Waals surface area contributed by atoms with Gasteiger partial charge in [-0.25, -0.2) is 13.2 Å². The minimum atomic E-state index is -3.77. The van der Waals surface area contributed by atoms with Crippen LogP contribution >= 0.6 is 34.8 Å². The lowest BCUT2D eigenvalue weighted by molar-refractivity contribution is 0.0526. The van der Waals surface area contributed by atoms with Gasteiger partial charge in [0.15, 0.2) is 0 Å². The second-order valence-electron chi connectivity index (χ2n) is 5.01. The Bertz CT molecular complexity index is 900. The highest BCUT2D eigenvalue weighted by molar-refractivity contribution is 7.91. The Labute approximate surface area is 160 Å². The van der Waals surface area contributed by atoms with E-state index in [1.807, 2.05) is 0 Å². The van der Waals surface area contributed by atoms with Gasteiger partial charge in [0.05, 0.1) is 28.6 Å². The van der Waals surface area contributed by atoms with Gasteiger partial charge in [-0.05, 0) is 42.8 Å². The molecule has 0 saturated carbocycles. The molecule has 134 valence electrons. The Morgan fingerprint density at radius 2 is 1.80 bits per heavy atom. The predicted molar refractivity (Wildman–Crippen MR) is 100 cm³/mol. The van der Waals surface area contributed by atoms with E-state index < -0.39 is 16.0 Å². The van der Waals surface area contributed by atoms with Crippen LogP contribution in [0.3, 0.4) is 0 Å². The van der Waals surface area contributed by atoms with Crippen molar-refractivity contribution < 1.29 is 17.9 Å². The average Bonchev–Trinajstić information content (AvgIpc) is 2.52. The summed E-state index contributed by atoms with van der Waals surface area (Å²) in [6, 6.07) is 8.73. The summed E-state index contributed by atoms with van der Waals surface area (Å²) in [5, 5.41) is 0.745. The maximum atomic E-state index is 12.3. The lowest BCUT2D eigenvalue weighted by Crippen LogP contribution is -2.16. The molecule has 0 aliphatic rings. The smallest absolute Gasteiger partial charge is 0.338 e. The molecular weight excluding hydrogens is 409 g/mol. The molecule has 2 rings (SSSR count). The third kappa shape index (κ3) is 5.51. The Morgan fingerprint density at radius 3 is 2.40 bits per heavy atom. The molecule has 0 bridgehead atoms. The number of nitrogens with one attached hydrogen (secondary N) is 1. The summed E-state index contributed by atoms with van der Waals surface area (Å²) in [4.78, 5) is 11.7. The zero-order valence-corrected chi connectivity index (χ0v) is 16.1. The first kappa shape index (κ1) is 19.8. The van der Waals surface area contributed by atoms with E-state index in [1.54, 1.807) is 13.0 Å². The summed E-state index contributed by atoms with van der Waals surface area (Å²) in [6.45, 7) is 1.91. The molecule has 0 aliphatic carbocycles. The van der Waals surface area contributed by atoms with E-state index >= 15 is 0 Å². The summed E-state index contributed by atoms with van der Waals surface area (Å²) >= 11 is 17.9. The number of anilines is 1. The first-order valence-corrected chi connectivity index (χ1v) is 9.91. The number of ether oxygens (including phenoxy) is 1. The van der Waals surface area contributed by atoms with E-state index in [4.69, 9.17) is 39.5 Å². The standard InChI is InChI=1S/C16H14Cl3NO4S/c1-2-24-16(21)10-4-6-15(14(19)7-10)20-25(22,23)9-11-3-5-12(17)8-13(11)18/h3-8,20H,2,9H2,1H3. The highest BCUT2D eigenvalue weighted by Crippen LogP contribution is 2.27. The summed E-state index contributed by atoms with van der Waals surface area (Å²) in [5.41, 5.74) is 0.785. The summed E-state index contributed by atoms with van der Waals surface area (Å²) in [5.74, 6) is -0.884. The molecule has 2 aromatic carbocycles. The molecule has 0 heterocycles. The topological polar surface area (TPSA) is 72.5 Å². The Hall–Kier alpha value is -1.47. The summed E-state index contributed by atoms with van der Waals surface area (Å²) < 4.78 is 31.9. The highest BCUT2D eigenvalue weighted by atomic mass is 35.5. The maximum Gasteiger partial charge on any atom is 0.338 e. The molecule has 2 aromatic rings. The van der Waals surface area contributed by atoms with Crippen molar-refractivity contribution in [1.82, 2.24) is 0 Å². The Balaban J connectivity index is 2.18. The van der Waals surface area contributed by atoms with Crippen molar-refractivity contribution in [3.8, 4) is 0 Å². The number of hydrogen-bond acceptors (Lipinski definition) is 4. The van der Waals surface area contributed by atoms with E-state index in [1.165, 1.54) is 30.3 Å². The molecule has 0 aromatic heterocycles. The van der Waals surface area contributed by atoms with Crippen molar-refractivity contribution in [2.24, 2.45) is 0 Å². The van der Waals surface area contributed by atoms with Gasteiger partial charge in [-0.15, -0.1) is 0 Å². The zero-order valence-electron chi connectivity index (χ0n) is 13.1. The molecule has 0 fully saturated rings. The quantitative estimate of drug-likeness (QED) is 0.681. The molecule has 25 heavy (non-hydrogen) atoms. The van der Waals surface area contributed by atoms with Gasteiger partial charge in [0, 0.05) is 10.0 Å². The molecule has 0 radical (unpaired) electrons. The van der Waals surface area contributed by atoms with Crippen molar-refractivity contribution in [3.63, 3.8) is 0 Å². The summed E-state index contributed by atoms with van der Waals surface area (Å²) in [7, 11) is -3.77. The van der Waals surface area contributed by atoms with Crippen LogP contribution in [-0.4, -0.2) is 21.0 Å². The molecule has 0 saturated heterocycles. The third-order valence-corrected chi connectivity index (χ3v) is 5.23. The third-order valence-electron chi connectivity index (χ3n) is 3.11. The minimum absolute atomic E-state index is 0.0799. The number of halogens is 3. The second kappa shape index (κ2) is 8.27. The summed E-state index contributed by atoms with van der Waals surface area (Å²) in [6.07, 6.45) is 0. The Kier molecular flexibility index (Phi) is 6.57. The van der Waals surface area contributed by atoms with E-state index in [0.29, 0.717) is 10.6 Å². The number of benzene rings is 2. The number of sulfonamides is 1. The van der Waals surface area contributed by atoms with Crippen LogP contribution in [0.2, 0.25) is 15.1 Å². The van der Waals surface area contributed by atoms with Crippen LogP contribution in [0, 0.1) is 0 Å². The molecule has 1 N–H and O–H groups in total. The lowest BCUT2D eigenvalue weighted by atomic mass is 10.2. The molecule has 0 spiro atoms. The Morgan fingerprint density at radius 1 is 1.08 bits per heavy atom. The van der Waals surface area contributed by atoms with Crippen LogP contribution in [0.5, 0.6) is 0 Å². The van der Waals surface area contributed by atoms with Crippen LogP contribution in [0.25, 0.3) is 0 Å². The van der Waals surface area contributed by atoms with Gasteiger partial charge >= 0.3 is 5.97 Å². The molecule has 0 amide bonds. The average molecular weight is 423 g/mol. The number of carbonyl (C=O) groups excluding carboxylic acids is 1. The van der Waals surface area contributed by atoms with Gasteiger partial charge in [0.2, 0.25) is 10.0 Å². The van der Waals surface area contributed by atoms with Gasteiger partial charge < -0.3 is 4.74 Å². The first-order valence-electron chi connectivity index (χ1n) is 7.13. The van der Waals surface area contributed by atoms with Crippen LogP contribution in [0.4, 0.5) is 5.69 Å². The number of hydrogen-bond donors (Lipinski definition) is 1. The molecule has 0 aliphatic heterocycles. The van der Waals surface area contributed by atoms with Crippen molar-refractivity contribution in [3.05, 3.63) is 62.6 Å². The van der Waals surface area contributed by atoms with Gasteiger partial charge in [0.1, 0.15) is 0 Å². The van der Waals surface area contributed by atoms with Crippen molar-refractivity contribution in [2.45, 2.75) is 12.7 Å². The molecule has 0 unspecified atom stereocenters. The minimum Gasteiger partial charge on any atom is -0.462 e. The second-order valence-corrected chi connectivity index (χ2v) is 7.99. The van der Waals surface area contributed by atoms with Crippen molar-refractivity contribution in [1.29, 1.82) is 0 Å². The number of rotatable bonds is 6. The van der Waals surface area contributed by atoms with E-state index in [2.05, 4.69) is 4.72 Å². The predicted octanol–water partition coefficient (Wildman–Crippen LogP) is 4.77. The SMILES string of the molecule is CCOC(=O)c1ccc(NS(=O)(=O)Cc2ccc(Cl)cc2Cl)c(Cl)c1. The normalized spacial score (nSPS) is 11.2. The maximum absolute atomic E-state index is 12.3. The first-order chi connectivity index (χ1) is 11.7. The van der Waals surface area contributed by atoms with E-state index in [9.17, 15) is 13.2 Å². The largest absolute Gasteiger partial charge is 0.462 e. The van der Waals surface area contributed by atoms with E-state index in [0.717, 1.165) is 0 Å². The lowest BCUT2D eigenvalue weighted by Gasteiger charge is -2.11.